The monoisotopic (exact) mass is 147 g/mol. The summed E-state index contributed by atoms with van der Waals surface area (Å²) in [6.07, 6.45) is 1.58. The number of hydrogen-bond donors (Lipinski definition) is 0. The van der Waals surface area contributed by atoms with Crippen LogP contribution in [0.5, 0.6) is 5.75 Å². The molecule has 49 valence electrons. The molecular formula is C8H7OSi. The first-order chi connectivity index (χ1) is 4.93. The minimum Gasteiger partial charge on any atom is -0.466 e. The largest absolute Gasteiger partial charge is 0.466 e. The van der Waals surface area contributed by atoms with E-state index in [-0.39, 0.29) is 0 Å². The molecule has 0 bridgehead atoms. The molecule has 3 radical (unpaired) electrons. The number of benzene rings is 1. The van der Waals surface area contributed by atoms with Gasteiger partial charge >= 0.3 is 0 Å². The minimum atomic E-state index is 0.844. The summed E-state index contributed by atoms with van der Waals surface area (Å²) in [5.41, 5.74) is 1.66. The van der Waals surface area contributed by atoms with E-state index in [1.807, 2.05) is 30.3 Å². The minimum absolute atomic E-state index is 0.844. The first-order valence-corrected chi connectivity index (χ1v) is 3.55. The zero-order chi connectivity index (χ0) is 7.23. The van der Waals surface area contributed by atoms with Crippen LogP contribution in [0.2, 0.25) is 0 Å². The van der Waals surface area contributed by atoms with Gasteiger partial charge in [0.1, 0.15) is 5.75 Å². The lowest BCUT2D eigenvalue weighted by molar-refractivity contribution is 0.482. The molecule has 0 spiro atoms. The highest BCUT2D eigenvalue weighted by Gasteiger charge is 1.83. The highest BCUT2D eigenvalue weighted by molar-refractivity contribution is 6.16. The van der Waals surface area contributed by atoms with Gasteiger partial charge in [-0.1, -0.05) is 23.9 Å². The van der Waals surface area contributed by atoms with Crippen LogP contribution in [0.3, 0.4) is 0 Å². The fraction of sp³-hybridized carbons (Fsp3) is 0. The molecule has 0 N–H and O–H groups in total. The average molecular weight is 147 g/mol. The molecule has 0 aliphatic heterocycles. The van der Waals surface area contributed by atoms with Crippen LogP contribution in [0, 0.1) is 0 Å². The maximum absolute atomic E-state index is 5.13. The molecule has 0 atom stereocenters. The molecule has 10 heavy (non-hydrogen) atoms. The summed E-state index contributed by atoms with van der Waals surface area (Å²) in [7, 11) is 3.15. The van der Waals surface area contributed by atoms with Crippen molar-refractivity contribution < 1.29 is 4.74 Å². The van der Waals surface area contributed by atoms with Gasteiger partial charge in [0, 0.05) is 0 Å². The Morgan fingerprint density at radius 2 is 1.90 bits per heavy atom. The first-order valence-electron chi connectivity index (χ1n) is 2.97. The van der Waals surface area contributed by atoms with Crippen molar-refractivity contribution in [3.8, 4) is 5.75 Å². The van der Waals surface area contributed by atoms with Gasteiger partial charge in [0.25, 0.3) is 0 Å². The van der Waals surface area contributed by atoms with E-state index in [4.69, 9.17) is 4.74 Å². The van der Waals surface area contributed by atoms with Crippen LogP contribution in [-0.2, 0) is 0 Å². The Labute approximate surface area is 63.8 Å². The van der Waals surface area contributed by atoms with Crippen LogP contribution in [0.4, 0.5) is 0 Å². The van der Waals surface area contributed by atoms with Crippen molar-refractivity contribution in [1.29, 1.82) is 0 Å². The van der Waals surface area contributed by atoms with Crippen molar-refractivity contribution in [2.24, 2.45) is 0 Å². The van der Waals surface area contributed by atoms with E-state index >= 15 is 0 Å². The van der Waals surface area contributed by atoms with E-state index in [2.05, 4.69) is 10.2 Å². The zero-order valence-electron chi connectivity index (χ0n) is 5.45. The Kier molecular flexibility index (Phi) is 2.77. The quantitative estimate of drug-likeness (QED) is 0.457. The smallest absolute Gasteiger partial charge is 0.126 e. The average Bonchev–Trinajstić information content (AvgIpc) is 2.03. The Balaban J connectivity index is 2.59. The SMILES string of the molecule is [Si]C=COc1ccccc1. The van der Waals surface area contributed by atoms with Crippen LogP contribution in [0.15, 0.2) is 42.3 Å². The molecule has 0 heterocycles. The van der Waals surface area contributed by atoms with Gasteiger partial charge in [0.05, 0.1) is 16.5 Å². The predicted octanol–water partition coefficient (Wildman–Crippen LogP) is 1.71. The van der Waals surface area contributed by atoms with Crippen molar-refractivity contribution in [2.75, 3.05) is 0 Å². The zero-order valence-corrected chi connectivity index (χ0v) is 6.45. The molecule has 0 amide bonds. The van der Waals surface area contributed by atoms with E-state index in [0.29, 0.717) is 0 Å². The van der Waals surface area contributed by atoms with Crippen LogP contribution < -0.4 is 4.74 Å². The fourth-order valence-corrected chi connectivity index (χ4v) is 0.680. The van der Waals surface area contributed by atoms with Gasteiger partial charge in [-0.2, -0.15) is 0 Å². The number of rotatable bonds is 2. The molecular weight excluding hydrogens is 140 g/mol. The summed E-state index contributed by atoms with van der Waals surface area (Å²) in [4.78, 5) is 0. The highest BCUT2D eigenvalue weighted by Crippen LogP contribution is 2.07. The summed E-state index contributed by atoms with van der Waals surface area (Å²) in [5, 5.41) is 0. The number of hydrogen-bond acceptors (Lipinski definition) is 1. The summed E-state index contributed by atoms with van der Waals surface area (Å²) in [5.74, 6) is 0.844. The molecule has 0 saturated heterocycles. The van der Waals surface area contributed by atoms with Crippen molar-refractivity contribution in [2.45, 2.75) is 0 Å². The third-order valence-electron chi connectivity index (χ3n) is 1.02. The molecule has 0 aliphatic rings. The van der Waals surface area contributed by atoms with Crippen LogP contribution in [0.25, 0.3) is 0 Å². The normalized spacial score (nSPS) is 10.1. The maximum atomic E-state index is 5.13. The molecule has 0 aromatic heterocycles. The second-order valence-corrected chi connectivity index (χ2v) is 2.07. The predicted molar refractivity (Wildman–Crippen MR) is 42.0 cm³/mol. The van der Waals surface area contributed by atoms with Gasteiger partial charge < -0.3 is 4.74 Å². The van der Waals surface area contributed by atoms with Crippen LogP contribution >= 0.6 is 0 Å². The number of ether oxygens (including phenoxy) is 1. The van der Waals surface area contributed by atoms with Crippen LogP contribution in [-0.4, -0.2) is 10.2 Å². The molecule has 0 fully saturated rings. The van der Waals surface area contributed by atoms with Crippen molar-refractivity contribution >= 4 is 10.2 Å². The standard InChI is InChI=1S/C8H7OSi/c10-7-6-9-8-4-2-1-3-5-8/h1-7H. The summed E-state index contributed by atoms with van der Waals surface area (Å²) >= 11 is 0. The summed E-state index contributed by atoms with van der Waals surface area (Å²) in [6, 6.07) is 9.59. The first kappa shape index (κ1) is 7.09. The second-order valence-electron chi connectivity index (χ2n) is 1.73. The lowest BCUT2D eigenvalue weighted by atomic mass is 10.3. The second kappa shape index (κ2) is 3.90. The van der Waals surface area contributed by atoms with E-state index in [1.165, 1.54) is 0 Å². The fourth-order valence-electron chi connectivity index (χ4n) is 0.612. The summed E-state index contributed by atoms with van der Waals surface area (Å²) in [6.45, 7) is 0. The van der Waals surface area contributed by atoms with E-state index in [1.54, 1.807) is 12.0 Å². The van der Waals surface area contributed by atoms with Gasteiger partial charge in [0.15, 0.2) is 0 Å². The van der Waals surface area contributed by atoms with Gasteiger partial charge in [-0.15, -0.1) is 0 Å². The maximum Gasteiger partial charge on any atom is 0.126 e. The van der Waals surface area contributed by atoms with E-state index in [0.717, 1.165) is 5.75 Å². The Morgan fingerprint density at radius 1 is 1.20 bits per heavy atom. The molecule has 0 aliphatic carbocycles. The molecule has 1 aromatic rings. The van der Waals surface area contributed by atoms with Crippen molar-refractivity contribution in [3.05, 3.63) is 42.3 Å². The number of para-hydroxylation sites is 1. The van der Waals surface area contributed by atoms with Crippen LogP contribution in [0.1, 0.15) is 0 Å². The topological polar surface area (TPSA) is 9.23 Å². The lowest BCUT2D eigenvalue weighted by Crippen LogP contribution is -1.79. The van der Waals surface area contributed by atoms with Crippen molar-refractivity contribution in [3.63, 3.8) is 0 Å². The van der Waals surface area contributed by atoms with Gasteiger partial charge in [-0.25, -0.2) is 0 Å². The Morgan fingerprint density at radius 3 is 2.50 bits per heavy atom. The Bertz CT molecular complexity index is 206. The summed E-state index contributed by atoms with van der Waals surface area (Å²) < 4.78 is 5.13. The highest BCUT2D eigenvalue weighted by atomic mass is 28.1. The van der Waals surface area contributed by atoms with E-state index < -0.39 is 0 Å². The molecule has 0 unspecified atom stereocenters. The molecule has 1 nitrogen and oxygen atoms in total. The third kappa shape index (κ3) is 2.07. The Hall–Kier alpha value is -1.02. The van der Waals surface area contributed by atoms with E-state index in [9.17, 15) is 0 Å². The van der Waals surface area contributed by atoms with Gasteiger partial charge in [0.2, 0.25) is 0 Å². The third-order valence-corrected chi connectivity index (χ3v) is 1.15. The molecule has 1 rings (SSSR count). The van der Waals surface area contributed by atoms with Crippen molar-refractivity contribution in [1.82, 2.24) is 0 Å². The molecule has 1 aromatic carbocycles. The van der Waals surface area contributed by atoms with Gasteiger partial charge in [-0.3, -0.25) is 0 Å². The molecule has 2 heteroatoms. The molecule has 0 saturated carbocycles. The van der Waals surface area contributed by atoms with Gasteiger partial charge in [-0.05, 0) is 12.1 Å². The lowest BCUT2D eigenvalue weighted by Gasteiger charge is -1.96.